The highest BCUT2D eigenvalue weighted by Gasteiger charge is 2.15. The Morgan fingerprint density at radius 1 is 1.15 bits per heavy atom. The summed E-state index contributed by atoms with van der Waals surface area (Å²) >= 11 is 0. The van der Waals surface area contributed by atoms with E-state index in [-0.39, 0.29) is 24.0 Å². The molecule has 0 aliphatic rings. The van der Waals surface area contributed by atoms with Crippen LogP contribution in [0.4, 0.5) is 5.69 Å². The number of hydrogen-bond donors (Lipinski definition) is 3. The van der Waals surface area contributed by atoms with E-state index in [0.717, 1.165) is 5.56 Å². The van der Waals surface area contributed by atoms with Crippen molar-refractivity contribution < 1.29 is 22.7 Å². The Morgan fingerprint density at radius 2 is 1.85 bits per heavy atom. The Bertz CT molecular complexity index is 869. The number of nitrogens with one attached hydrogen (secondary N) is 2. The van der Waals surface area contributed by atoms with Gasteiger partial charge >= 0.3 is 0 Å². The summed E-state index contributed by atoms with van der Waals surface area (Å²) in [6.45, 7) is 0.335. The highest BCUT2D eigenvalue weighted by molar-refractivity contribution is 7.92. The van der Waals surface area contributed by atoms with Gasteiger partial charge in [-0.3, -0.25) is 9.52 Å². The van der Waals surface area contributed by atoms with Crippen molar-refractivity contribution in [1.29, 1.82) is 0 Å². The van der Waals surface area contributed by atoms with Crippen molar-refractivity contribution in [1.82, 2.24) is 5.32 Å². The van der Waals surface area contributed by atoms with Crippen LogP contribution in [0.5, 0.6) is 5.75 Å². The highest BCUT2D eigenvalue weighted by Crippen LogP contribution is 2.19. The topological polar surface area (TPSA) is 120 Å². The first-order valence-electron chi connectivity index (χ1n) is 8.14. The van der Waals surface area contributed by atoms with Crippen molar-refractivity contribution in [3.05, 3.63) is 54.1 Å². The van der Waals surface area contributed by atoms with Gasteiger partial charge < -0.3 is 20.5 Å². The molecule has 0 saturated carbocycles. The first kappa shape index (κ1) is 20.7. The van der Waals surface area contributed by atoms with Gasteiger partial charge in [0.1, 0.15) is 11.8 Å². The Balaban J connectivity index is 2.04. The second-order valence-electron chi connectivity index (χ2n) is 5.76. The summed E-state index contributed by atoms with van der Waals surface area (Å²) in [4.78, 5) is 11.9. The van der Waals surface area contributed by atoms with E-state index in [4.69, 9.17) is 15.2 Å². The molecule has 0 aliphatic carbocycles. The van der Waals surface area contributed by atoms with Gasteiger partial charge in [-0.25, -0.2) is 8.42 Å². The predicted octanol–water partition coefficient (Wildman–Crippen LogP) is 1.09. The number of methoxy groups -OCH3 is 2. The molecule has 0 aromatic heterocycles. The second-order valence-corrected chi connectivity index (χ2v) is 7.44. The second kappa shape index (κ2) is 9.36. The minimum Gasteiger partial charge on any atom is -0.497 e. The molecule has 1 unspecified atom stereocenters. The van der Waals surface area contributed by atoms with Gasteiger partial charge in [0.2, 0.25) is 5.91 Å². The third-order valence-electron chi connectivity index (χ3n) is 3.70. The molecule has 0 bridgehead atoms. The number of sulfonamides is 1. The summed E-state index contributed by atoms with van der Waals surface area (Å²) in [7, 11) is -0.765. The van der Waals surface area contributed by atoms with Crippen LogP contribution in [0.3, 0.4) is 0 Å². The molecule has 0 radical (unpaired) electrons. The lowest BCUT2D eigenvalue weighted by molar-refractivity contribution is -0.123. The normalized spacial score (nSPS) is 12.3. The number of nitrogens with two attached hydrogens (primary N) is 1. The van der Waals surface area contributed by atoms with Gasteiger partial charge in [-0.15, -0.1) is 0 Å². The largest absolute Gasteiger partial charge is 0.497 e. The van der Waals surface area contributed by atoms with Gasteiger partial charge in [0.05, 0.1) is 18.6 Å². The average molecular weight is 393 g/mol. The Hall–Kier alpha value is -2.62. The van der Waals surface area contributed by atoms with Gasteiger partial charge in [-0.2, -0.15) is 0 Å². The molecule has 1 atom stereocenters. The lowest BCUT2D eigenvalue weighted by Gasteiger charge is -2.13. The maximum atomic E-state index is 12.5. The number of carbonyl (C=O) groups is 1. The Kier molecular flexibility index (Phi) is 7.17. The zero-order chi connectivity index (χ0) is 19.9. The summed E-state index contributed by atoms with van der Waals surface area (Å²) in [6.07, 6.45) is 0. The van der Waals surface area contributed by atoms with Crippen LogP contribution >= 0.6 is 0 Å². The summed E-state index contributed by atoms with van der Waals surface area (Å²) in [5, 5.41) is 2.68. The number of ether oxygens (including phenoxy) is 2. The maximum Gasteiger partial charge on any atom is 0.261 e. The number of benzene rings is 2. The first-order chi connectivity index (χ1) is 12.9. The highest BCUT2D eigenvalue weighted by atomic mass is 32.2. The summed E-state index contributed by atoms with van der Waals surface area (Å²) < 4.78 is 37.4. The Labute approximate surface area is 158 Å². The molecule has 2 aromatic rings. The Morgan fingerprint density at radius 3 is 2.48 bits per heavy atom. The van der Waals surface area contributed by atoms with Crippen LogP contribution in [0.25, 0.3) is 0 Å². The quantitative estimate of drug-likeness (QED) is 0.587. The minimum absolute atomic E-state index is 0.118. The molecule has 0 fully saturated rings. The SMILES string of the molecule is COCC(N)C(=O)NCc1cccc(NS(=O)(=O)c2ccc(OC)cc2)c1. The van der Waals surface area contributed by atoms with Gasteiger partial charge in [-0.1, -0.05) is 12.1 Å². The minimum atomic E-state index is -3.74. The van der Waals surface area contributed by atoms with Crippen LogP contribution in [-0.4, -0.2) is 41.2 Å². The van der Waals surface area contributed by atoms with E-state index in [0.29, 0.717) is 11.4 Å². The number of anilines is 1. The van der Waals surface area contributed by atoms with E-state index >= 15 is 0 Å². The van der Waals surface area contributed by atoms with Crippen molar-refractivity contribution in [3.8, 4) is 5.75 Å². The van der Waals surface area contributed by atoms with Crippen LogP contribution < -0.4 is 20.5 Å². The monoisotopic (exact) mass is 393 g/mol. The number of hydrogen-bond acceptors (Lipinski definition) is 6. The third kappa shape index (κ3) is 5.95. The van der Waals surface area contributed by atoms with E-state index in [2.05, 4.69) is 10.0 Å². The van der Waals surface area contributed by atoms with Crippen molar-refractivity contribution in [2.75, 3.05) is 25.5 Å². The molecular formula is C18H23N3O5S. The standard InChI is InChI=1S/C18H23N3O5S/c1-25-12-17(19)18(22)20-11-13-4-3-5-14(10-13)21-27(23,24)16-8-6-15(26-2)7-9-16/h3-10,17,21H,11-12,19H2,1-2H3,(H,20,22). The summed E-state index contributed by atoms with van der Waals surface area (Å²) in [6, 6.07) is 12.0. The van der Waals surface area contributed by atoms with Gasteiger partial charge in [0, 0.05) is 19.3 Å². The van der Waals surface area contributed by atoms with E-state index in [9.17, 15) is 13.2 Å². The summed E-state index contributed by atoms with van der Waals surface area (Å²) in [5.41, 5.74) is 6.77. The zero-order valence-corrected chi connectivity index (χ0v) is 16.0. The van der Waals surface area contributed by atoms with Crippen LogP contribution in [0.1, 0.15) is 5.56 Å². The molecule has 0 aliphatic heterocycles. The van der Waals surface area contributed by atoms with E-state index in [1.54, 1.807) is 36.4 Å². The van der Waals surface area contributed by atoms with Crippen molar-refractivity contribution in [3.63, 3.8) is 0 Å². The van der Waals surface area contributed by atoms with E-state index in [1.807, 2.05) is 0 Å². The molecule has 9 heteroatoms. The molecular weight excluding hydrogens is 370 g/mol. The lowest BCUT2D eigenvalue weighted by atomic mass is 10.2. The van der Waals surface area contributed by atoms with Crippen molar-refractivity contribution in [2.45, 2.75) is 17.5 Å². The molecule has 1 amide bonds. The van der Waals surface area contributed by atoms with Crippen LogP contribution in [0.2, 0.25) is 0 Å². The predicted molar refractivity (Wildman–Crippen MR) is 102 cm³/mol. The number of rotatable bonds is 9. The molecule has 0 heterocycles. The number of amides is 1. The molecule has 0 saturated heterocycles. The third-order valence-corrected chi connectivity index (χ3v) is 5.10. The van der Waals surface area contributed by atoms with Crippen LogP contribution in [-0.2, 0) is 26.1 Å². The fourth-order valence-electron chi connectivity index (χ4n) is 2.29. The smallest absolute Gasteiger partial charge is 0.261 e. The molecule has 2 aromatic carbocycles. The van der Waals surface area contributed by atoms with Gasteiger partial charge in [0.15, 0.2) is 0 Å². The fourth-order valence-corrected chi connectivity index (χ4v) is 3.34. The van der Waals surface area contributed by atoms with Crippen LogP contribution in [0, 0.1) is 0 Å². The maximum absolute atomic E-state index is 12.5. The number of carbonyl (C=O) groups excluding carboxylic acids is 1. The fraction of sp³-hybridized carbons (Fsp3) is 0.278. The van der Waals surface area contributed by atoms with Gasteiger partial charge in [0.25, 0.3) is 10.0 Å². The zero-order valence-electron chi connectivity index (χ0n) is 15.1. The van der Waals surface area contributed by atoms with Crippen LogP contribution in [0.15, 0.2) is 53.4 Å². The molecule has 0 spiro atoms. The van der Waals surface area contributed by atoms with E-state index < -0.39 is 16.1 Å². The van der Waals surface area contributed by atoms with E-state index in [1.165, 1.54) is 26.4 Å². The summed E-state index contributed by atoms with van der Waals surface area (Å²) in [5.74, 6) is 0.222. The molecule has 27 heavy (non-hydrogen) atoms. The molecule has 2 rings (SSSR count). The van der Waals surface area contributed by atoms with Gasteiger partial charge in [-0.05, 0) is 42.0 Å². The first-order valence-corrected chi connectivity index (χ1v) is 9.62. The molecule has 4 N–H and O–H groups in total. The lowest BCUT2D eigenvalue weighted by Crippen LogP contribution is -2.43. The average Bonchev–Trinajstić information content (AvgIpc) is 2.66. The molecule has 146 valence electrons. The van der Waals surface area contributed by atoms with Crippen molar-refractivity contribution in [2.24, 2.45) is 5.73 Å². The van der Waals surface area contributed by atoms with Crippen molar-refractivity contribution >= 4 is 21.6 Å². The molecule has 8 nitrogen and oxygen atoms in total.